The normalized spacial score (nSPS) is 24.5. The van der Waals surface area contributed by atoms with Crippen molar-refractivity contribution in [1.82, 2.24) is 14.1 Å². The van der Waals surface area contributed by atoms with Crippen molar-refractivity contribution in [3.8, 4) is 5.75 Å². The fourth-order valence-electron chi connectivity index (χ4n) is 6.49. The van der Waals surface area contributed by atoms with Crippen LogP contribution in [0, 0.1) is 24.2 Å². The van der Waals surface area contributed by atoms with Crippen LogP contribution in [0.15, 0.2) is 23.1 Å². The number of carbonyl (C=O) groups excluding carboxylic acids is 1. The Balaban J connectivity index is 0.000000222. The van der Waals surface area contributed by atoms with E-state index in [9.17, 15) is 13.2 Å². The van der Waals surface area contributed by atoms with Crippen molar-refractivity contribution in [3.05, 3.63) is 23.8 Å². The van der Waals surface area contributed by atoms with E-state index in [0.717, 1.165) is 17.9 Å². The van der Waals surface area contributed by atoms with Crippen LogP contribution in [0.1, 0.15) is 84.6 Å². The number of methoxy groups -OCH3 is 1. The average Bonchev–Trinajstić information content (AvgIpc) is 3.26. The summed E-state index contributed by atoms with van der Waals surface area (Å²) >= 11 is 0. The first-order valence-corrected chi connectivity index (χ1v) is 16.8. The topological polar surface area (TPSA) is 70.2 Å². The van der Waals surface area contributed by atoms with Crippen LogP contribution in [0.5, 0.6) is 5.75 Å². The molecule has 0 amide bonds. The highest BCUT2D eigenvalue weighted by molar-refractivity contribution is 7.89. The van der Waals surface area contributed by atoms with Gasteiger partial charge in [-0.1, -0.05) is 20.8 Å². The molecule has 1 saturated carbocycles. The highest BCUT2D eigenvalue weighted by atomic mass is 32.2. The SMILES string of the molecule is CC1CCC(N2CCC(CN3CCC(C)(C)C3)CC2)CC1.COc1ccc(S(=O)(=O)N(C)CCC(C)=O)c(C)c1. The maximum Gasteiger partial charge on any atom is 0.243 e. The number of Topliss-reactive ketones (excluding diaryl/α,β-unsaturated/α-hetero) is 1. The standard InChI is InChI=1S/C19H36N2.C13H19NO4S/c1-16-4-6-18(7-5-16)21-11-8-17(9-12-21)14-20-13-10-19(2,3)15-20;1-10-9-12(18-4)5-6-13(10)19(16,17)14(3)8-7-11(2)15/h16-18H,4-15H2,1-3H3;5-6,9H,7-8H2,1-4H3. The van der Waals surface area contributed by atoms with Crippen molar-refractivity contribution in [3.63, 3.8) is 0 Å². The lowest BCUT2D eigenvalue weighted by Gasteiger charge is -2.41. The third-order valence-corrected chi connectivity index (χ3v) is 11.3. The molecule has 4 rings (SSSR count). The molecule has 0 unspecified atom stereocenters. The van der Waals surface area contributed by atoms with Gasteiger partial charge in [0.25, 0.3) is 0 Å². The van der Waals surface area contributed by atoms with Crippen molar-refractivity contribution in [2.45, 2.75) is 96.9 Å². The van der Waals surface area contributed by atoms with Gasteiger partial charge in [-0.05, 0) is 119 Å². The highest BCUT2D eigenvalue weighted by Gasteiger charge is 2.32. The van der Waals surface area contributed by atoms with Gasteiger partial charge in [-0.3, -0.25) is 4.79 Å². The molecule has 2 aliphatic heterocycles. The lowest BCUT2D eigenvalue weighted by Crippen LogP contribution is -2.44. The predicted octanol–water partition coefficient (Wildman–Crippen LogP) is 5.61. The van der Waals surface area contributed by atoms with Crippen LogP contribution in [-0.4, -0.2) is 87.8 Å². The molecule has 1 aliphatic carbocycles. The Kier molecular flexibility index (Phi) is 12.1. The number of benzene rings is 1. The van der Waals surface area contributed by atoms with Crippen molar-refractivity contribution in [2.24, 2.45) is 17.3 Å². The smallest absolute Gasteiger partial charge is 0.243 e. The Morgan fingerprint density at radius 3 is 2.25 bits per heavy atom. The molecule has 1 aromatic carbocycles. The molecule has 3 aliphatic rings. The molecule has 0 atom stereocenters. The van der Waals surface area contributed by atoms with Gasteiger partial charge < -0.3 is 14.5 Å². The molecule has 0 radical (unpaired) electrons. The van der Waals surface area contributed by atoms with E-state index in [-0.39, 0.29) is 23.6 Å². The summed E-state index contributed by atoms with van der Waals surface area (Å²) in [4.78, 5) is 16.7. The number of sulfonamides is 1. The maximum absolute atomic E-state index is 12.3. The molecule has 0 N–H and O–H groups in total. The predicted molar refractivity (Wildman–Crippen MR) is 163 cm³/mol. The Labute approximate surface area is 244 Å². The van der Waals surface area contributed by atoms with E-state index in [1.165, 1.54) is 109 Å². The molecule has 0 aromatic heterocycles. The molecule has 3 fully saturated rings. The second kappa shape index (κ2) is 14.6. The van der Waals surface area contributed by atoms with E-state index >= 15 is 0 Å². The summed E-state index contributed by atoms with van der Waals surface area (Å²) in [5.74, 6) is 2.53. The number of ether oxygens (including phenoxy) is 1. The van der Waals surface area contributed by atoms with Crippen molar-refractivity contribution in [1.29, 1.82) is 0 Å². The molecule has 2 heterocycles. The summed E-state index contributed by atoms with van der Waals surface area (Å²) in [6.07, 6.45) is 10.4. The second-order valence-corrected chi connectivity index (χ2v) is 15.5. The largest absolute Gasteiger partial charge is 0.497 e. The molecule has 1 aromatic rings. The molecular weight excluding hydrogens is 522 g/mol. The maximum atomic E-state index is 12.3. The van der Waals surface area contributed by atoms with Gasteiger partial charge in [-0.15, -0.1) is 0 Å². The Morgan fingerprint density at radius 2 is 1.73 bits per heavy atom. The number of rotatable bonds is 9. The Hall–Kier alpha value is -1.48. The van der Waals surface area contributed by atoms with Crippen LogP contribution in [0.4, 0.5) is 0 Å². The lowest BCUT2D eigenvalue weighted by atomic mass is 9.85. The van der Waals surface area contributed by atoms with Crippen LogP contribution < -0.4 is 4.74 Å². The van der Waals surface area contributed by atoms with Crippen molar-refractivity contribution >= 4 is 15.8 Å². The Morgan fingerprint density at radius 1 is 1.07 bits per heavy atom. The Bertz CT molecular complexity index is 1060. The van der Waals surface area contributed by atoms with Crippen LogP contribution in [0.3, 0.4) is 0 Å². The molecule has 0 spiro atoms. The summed E-state index contributed by atoms with van der Waals surface area (Å²) in [5.41, 5.74) is 1.19. The number of ketones is 1. The third-order valence-electron chi connectivity index (χ3n) is 9.27. The molecular formula is C32H55N3O4S. The number of aryl methyl sites for hydroxylation is 1. The number of hydrogen-bond donors (Lipinski definition) is 0. The monoisotopic (exact) mass is 577 g/mol. The summed E-state index contributed by atoms with van der Waals surface area (Å²) in [6.45, 7) is 17.4. The number of piperidine rings is 1. The first-order chi connectivity index (χ1) is 18.8. The van der Waals surface area contributed by atoms with Gasteiger partial charge in [0, 0.05) is 39.1 Å². The van der Waals surface area contributed by atoms with Gasteiger partial charge in [0.1, 0.15) is 11.5 Å². The van der Waals surface area contributed by atoms with E-state index in [1.807, 2.05) is 0 Å². The van der Waals surface area contributed by atoms with Gasteiger partial charge in [-0.25, -0.2) is 12.7 Å². The summed E-state index contributed by atoms with van der Waals surface area (Å²) in [5, 5.41) is 0. The van der Waals surface area contributed by atoms with Crippen LogP contribution in [0.25, 0.3) is 0 Å². The third kappa shape index (κ3) is 9.53. The molecule has 40 heavy (non-hydrogen) atoms. The summed E-state index contributed by atoms with van der Waals surface area (Å²) in [7, 11) is -0.561. The first-order valence-electron chi connectivity index (χ1n) is 15.4. The minimum absolute atomic E-state index is 0.0338. The molecule has 228 valence electrons. The summed E-state index contributed by atoms with van der Waals surface area (Å²) < 4.78 is 30.9. The minimum Gasteiger partial charge on any atom is -0.497 e. The summed E-state index contributed by atoms with van der Waals surface area (Å²) in [6, 6.07) is 5.73. The number of carbonyl (C=O) groups is 1. The van der Waals surface area contributed by atoms with E-state index in [4.69, 9.17) is 4.74 Å². The molecule has 2 saturated heterocycles. The van der Waals surface area contributed by atoms with Gasteiger partial charge in [-0.2, -0.15) is 0 Å². The molecule has 0 bridgehead atoms. The van der Waals surface area contributed by atoms with Crippen LogP contribution >= 0.6 is 0 Å². The quantitative estimate of drug-likeness (QED) is 0.380. The first kappa shape index (κ1) is 33.0. The number of likely N-dealkylation sites (tertiary alicyclic amines) is 2. The van der Waals surface area contributed by atoms with Gasteiger partial charge in [0.2, 0.25) is 10.0 Å². The van der Waals surface area contributed by atoms with E-state index < -0.39 is 10.0 Å². The van der Waals surface area contributed by atoms with Gasteiger partial charge in [0.05, 0.1) is 12.0 Å². The second-order valence-electron chi connectivity index (χ2n) is 13.5. The zero-order valence-corrected chi connectivity index (χ0v) is 27.1. The van der Waals surface area contributed by atoms with Crippen molar-refractivity contribution in [2.75, 3.05) is 53.4 Å². The zero-order valence-electron chi connectivity index (χ0n) is 26.2. The molecule has 8 heteroatoms. The fourth-order valence-corrected chi connectivity index (χ4v) is 7.87. The van der Waals surface area contributed by atoms with Crippen molar-refractivity contribution < 1.29 is 17.9 Å². The average molecular weight is 578 g/mol. The lowest BCUT2D eigenvalue weighted by molar-refractivity contribution is -0.117. The fraction of sp³-hybridized carbons (Fsp3) is 0.781. The van der Waals surface area contributed by atoms with E-state index in [1.54, 1.807) is 19.1 Å². The van der Waals surface area contributed by atoms with E-state index in [0.29, 0.717) is 16.7 Å². The molecule has 7 nitrogen and oxygen atoms in total. The minimum atomic E-state index is -3.56. The van der Waals surface area contributed by atoms with Gasteiger partial charge >= 0.3 is 0 Å². The number of hydrogen-bond acceptors (Lipinski definition) is 6. The van der Waals surface area contributed by atoms with Crippen LogP contribution in [-0.2, 0) is 14.8 Å². The van der Waals surface area contributed by atoms with Crippen LogP contribution in [0.2, 0.25) is 0 Å². The van der Waals surface area contributed by atoms with Gasteiger partial charge in [0.15, 0.2) is 0 Å². The van der Waals surface area contributed by atoms with E-state index in [2.05, 4.69) is 30.6 Å². The highest BCUT2D eigenvalue weighted by Crippen LogP contribution is 2.33. The zero-order chi connectivity index (χ0) is 29.5. The number of nitrogens with zero attached hydrogens (tertiary/aromatic N) is 3.